The molecule has 1 aliphatic rings. The standard InChI is InChI=1S/C31H29N5O5S2/c37-28(24-11-4-8-22(20-24)21-42-26-13-5-12-25-32-15-18-34(25)26)33-14-6-16-35-29(38)27(23-9-2-1-3-10-23)30-36(31(35)39)17-7-19-43(30,40)41/h1-5,8-13,15,18,20H,6-7,14,16-17,19,21H2,(H,33,37). The van der Waals surface area contributed by atoms with E-state index in [-0.39, 0.29) is 41.9 Å². The number of rotatable bonds is 9. The molecule has 0 radical (unpaired) electrons. The lowest BCUT2D eigenvalue weighted by Gasteiger charge is -2.23. The van der Waals surface area contributed by atoms with Crippen LogP contribution < -0.4 is 16.6 Å². The Morgan fingerprint density at radius 2 is 1.81 bits per heavy atom. The third-order valence-corrected chi connectivity index (χ3v) is 10.3. The first-order valence-corrected chi connectivity index (χ1v) is 16.5. The quantitative estimate of drug-likeness (QED) is 0.153. The highest BCUT2D eigenvalue weighted by Gasteiger charge is 2.32. The van der Waals surface area contributed by atoms with E-state index in [0.29, 0.717) is 29.7 Å². The van der Waals surface area contributed by atoms with Gasteiger partial charge in [-0.3, -0.25) is 23.1 Å². The van der Waals surface area contributed by atoms with Crippen molar-refractivity contribution in [3.63, 3.8) is 0 Å². The smallest absolute Gasteiger partial charge is 0.332 e. The summed E-state index contributed by atoms with van der Waals surface area (Å²) in [4.78, 5) is 44.1. The fraction of sp³-hybridized carbons (Fsp3) is 0.226. The Morgan fingerprint density at radius 3 is 2.65 bits per heavy atom. The second-order valence-electron chi connectivity index (χ2n) is 10.2. The highest BCUT2D eigenvalue weighted by molar-refractivity contribution is 7.98. The fourth-order valence-electron chi connectivity index (χ4n) is 5.30. The number of pyridine rings is 1. The largest absolute Gasteiger partial charge is 0.352 e. The molecule has 220 valence electrons. The molecular weight excluding hydrogens is 587 g/mol. The zero-order chi connectivity index (χ0) is 30.0. The van der Waals surface area contributed by atoms with Crippen molar-refractivity contribution in [2.24, 2.45) is 0 Å². The van der Waals surface area contributed by atoms with Crippen molar-refractivity contribution in [1.82, 2.24) is 23.8 Å². The lowest BCUT2D eigenvalue weighted by molar-refractivity contribution is 0.0952. The second kappa shape index (κ2) is 12.1. The summed E-state index contributed by atoms with van der Waals surface area (Å²) in [5.74, 6) is 0.306. The van der Waals surface area contributed by atoms with E-state index in [1.807, 2.05) is 47.0 Å². The first-order valence-electron chi connectivity index (χ1n) is 13.9. The van der Waals surface area contributed by atoms with Gasteiger partial charge in [-0.1, -0.05) is 48.5 Å². The Morgan fingerprint density at radius 1 is 1.00 bits per heavy atom. The van der Waals surface area contributed by atoms with Crippen molar-refractivity contribution in [2.75, 3.05) is 12.3 Å². The molecule has 12 heteroatoms. The number of hydrogen-bond acceptors (Lipinski definition) is 7. The molecule has 2 aromatic carbocycles. The van der Waals surface area contributed by atoms with Gasteiger partial charge in [-0.2, -0.15) is 0 Å². The van der Waals surface area contributed by atoms with Gasteiger partial charge in [-0.15, -0.1) is 11.8 Å². The number of nitrogens with one attached hydrogen (secondary N) is 1. The summed E-state index contributed by atoms with van der Waals surface area (Å²) in [6.45, 7) is 0.484. The van der Waals surface area contributed by atoms with E-state index in [1.165, 1.54) is 4.57 Å². The van der Waals surface area contributed by atoms with E-state index in [0.717, 1.165) is 20.8 Å². The number of imidazole rings is 1. The summed E-state index contributed by atoms with van der Waals surface area (Å²) in [5.41, 5.74) is 1.56. The topological polar surface area (TPSA) is 125 Å². The van der Waals surface area contributed by atoms with Crippen molar-refractivity contribution >= 4 is 33.2 Å². The zero-order valence-electron chi connectivity index (χ0n) is 23.2. The lowest BCUT2D eigenvalue weighted by Crippen LogP contribution is -2.45. The van der Waals surface area contributed by atoms with Crippen molar-refractivity contribution in [3.8, 4) is 11.1 Å². The first kappa shape index (κ1) is 28.7. The summed E-state index contributed by atoms with van der Waals surface area (Å²) < 4.78 is 30.2. The number of thioether (sulfide) groups is 1. The van der Waals surface area contributed by atoms with Crippen molar-refractivity contribution in [2.45, 2.75) is 41.7 Å². The van der Waals surface area contributed by atoms with Crippen molar-refractivity contribution < 1.29 is 13.2 Å². The predicted molar refractivity (Wildman–Crippen MR) is 165 cm³/mol. The van der Waals surface area contributed by atoms with Gasteiger partial charge in [0.25, 0.3) is 11.5 Å². The first-order chi connectivity index (χ1) is 20.8. The van der Waals surface area contributed by atoms with Crippen molar-refractivity contribution in [1.29, 1.82) is 0 Å². The number of amides is 1. The molecule has 3 aromatic heterocycles. The highest BCUT2D eigenvalue weighted by Crippen LogP contribution is 2.27. The average molecular weight is 616 g/mol. The number of carbonyl (C=O) groups is 1. The fourth-order valence-corrected chi connectivity index (χ4v) is 7.99. The zero-order valence-corrected chi connectivity index (χ0v) is 24.8. The summed E-state index contributed by atoms with van der Waals surface area (Å²) in [7, 11) is -3.79. The molecule has 1 amide bonds. The maximum Gasteiger partial charge on any atom is 0.332 e. The average Bonchev–Trinajstić information content (AvgIpc) is 3.50. The van der Waals surface area contributed by atoms with E-state index < -0.39 is 21.1 Å². The van der Waals surface area contributed by atoms with Gasteiger partial charge in [0.1, 0.15) is 5.65 Å². The van der Waals surface area contributed by atoms with E-state index >= 15 is 0 Å². The van der Waals surface area contributed by atoms with Gasteiger partial charge in [0.15, 0.2) is 14.9 Å². The Balaban J connectivity index is 1.14. The molecule has 1 N–H and O–H groups in total. The third kappa shape index (κ3) is 5.80. The summed E-state index contributed by atoms with van der Waals surface area (Å²) in [5, 5.41) is 3.72. The molecule has 0 fully saturated rings. The number of nitrogens with zero attached hydrogens (tertiary/aromatic N) is 4. The monoisotopic (exact) mass is 615 g/mol. The van der Waals surface area contributed by atoms with Crippen LogP contribution in [-0.4, -0.2) is 45.1 Å². The van der Waals surface area contributed by atoms with Crippen LogP contribution in [0.2, 0.25) is 0 Å². The minimum absolute atomic E-state index is 0.0166. The Hall–Kier alpha value is -4.42. The molecule has 10 nitrogen and oxygen atoms in total. The van der Waals surface area contributed by atoms with Crippen LogP contribution in [0.25, 0.3) is 16.8 Å². The number of aromatic nitrogens is 4. The summed E-state index contributed by atoms with van der Waals surface area (Å²) in [6, 6.07) is 21.9. The summed E-state index contributed by atoms with van der Waals surface area (Å²) in [6.07, 6.45) is 4.29. The van der Waals surface area contributed by atoms with Crippen molar-refractivity contribution in [3.05, 3.63) is 117 Å². The molecule has 5 aromatic rings. The molecule has 6 rings (SSSR count). The molecule has 0 unspecified atom stereocenters. The van der Waals surface area contributed by atoms with Crippen LogP contribution in [0, 0.1) is 0 Å². The maximum atomic E-state index is 13.5. The molecule has 0 aliphatic carbocycles. The van der Waals surface area contributed by atoms with Gasteiger partial charge in [0.2, 0.25) is 0 Å². The second-order valence-corrected chi connectivity index (χ2v) is 13.2. The van der Waals surface area contributed by atoms with E-state index in [2.05, 4.69) is 10.3 Å². The Labute approximate surface area is 251 Å². The van der Waals surface area contributed by atoms with Crippen LogP contribution in [0.1, 0.15) is 28.8 Å². The van der Waals surface area contributed by atoms with E-state index in [4.69, 9.17) is 0 Å². The number of carbonyl (C=O) groups excluding carboxylic acids is 1. The Bertz CT molecular complexity index is 2050. The van der Waals surface area contributed by atoms with Gasteiger partial charge in [-0.25, -0.2) is 18.2 Å². The molecule has 0 atom stereocenters. The van der Waals surface area contributed by atoms with Crippen LogP contribution in [0.3, 0.4) is 0 Å². The van der Waals surface area contributed by atoms with E-state index in [9.17, 15) is 22.8 Å². The molecule has 0 spiro atoms. The number of benzene rings is 2. The van der Waals surface area contributed by atoms with Gasteiger partial charge in [0.05, 0.1) is 16.3 Å². The van der Waals surface area contributed by atoms with E-state index in [1.54, 1.807) is 54.4 Å². The van der Waals surface area contributed by atoms with Crippen LogP contribution in [-0.2, 0) is 28.7 Å². The van der Waals surface area contributed by atoms with Crippen LogP contribution in [0.4, 0.5) is 0 Å². The number of fused-ring (bicyclic) bond motifs is 2. The molecule has 43 heavy (non-hydrogen) atoms. The molecular formula is C31H29N5O5S2. The van der Waals surface area contributed by atoms with Crippen LogP contribution >= 0.6 is 11.8 Å². The summed E-state index contributed by atoms with van der Waals surface area (Å²) >= 11 is 1.65. The normalized spacial score (nSPS) is 14.0. The van der Waals surface area contributed by atoms with Gasteiger partial charge >= 0.3 is 5.69 Å². The molecule has 0 saturated heterocycles. The maximum absolute atomic E-state index is 13.5. The highest BCUT2D eigenvalue weighted by atomic mass is 32.2. The molecule has 0 bridgehead atoms. The minimum Gasteiger partial charge on any atom is -0.352 e. The van der Waals surface area contributed by atoms with Crippen LogP contribution in [0.5, 0.6) is 0 Å². The molecule has 4 heterocycles. The van der Waals surface area contributed by atoms with Gasteiger partial charge in [0, 0.05) is 43.3 Å². The Kier molecular flexibility index (Phi) is 8.04. The predicted octanol–water partition coefficient (Wildman–Crippen LogP) is 3.61. The third-order valence-electron chi connectivity index (χ3n) is 7.34. The molecule has 1 aliphatic heterocycles. The van der Waals surface area contributed by atoms with Gasteiger partial charge in [-0.05, 0) is 48.2 Å². The van der Waals surface area contributed by atoms with Gasteiger partial charge < -0.3 is 5.32 Å². The minimum atomic E-state index is -3.79. The molecule has 0 saturated carbocycles. The number of sulfone groups is 1. The number of hydrogen-bond donors (Lipinski definition) is 1. The lowest BCUT2D eigenvalue weighted by atomic mass is 10.1. The van der Waals surface area contributed by atoms with Crippen LogP contribution in [0.15, 0.2) is 105 Å². The SMILES string of the molecule is O=C(NCCCn1c(=O)c(-c2ccccc2)c2n(c1=O)CCCS2(=O)=O)c1cccc(CSc2cccc3nccn23)c1.